The van der Waals surface area contributed by atoms with E-state index < -0.39 is 10.0 Å². The molecule has 0 spiro atoms. The van der Waals surface area contributed by atoms with Crippen LogP contribution in [0.1, 0.15) is 27.2 Å². The van der Waals surface area contributed by atoms with Crippen molar-refractivity contribution >= 4 is 27.6 Å². The number of hydrogen-bond donors (Lipinski definition) is 1. The third-order valence-corrected chi connectivity index (χ3v) is 6.36. The second-order valence-electron chi connectivity index (χ2n) is 5.39. The van der Waals surface area contributed by atoms with Crippen LogP contribution in [0, 0.1) is 0 Å². The number of sulfonamides is 1. The van der Waals surface area contributed by atoms with Crippen LogP contribution in [-0.2, 0) is 10.0 Å². The fourth-order valence-corrected chi connectivity index (χ4v) is 5.44. The van der Waals surface area contributed by atoms with Gasteiger partial charge in [0.2, 0.25) is 10.0 Å². The maximum Gasteiger partial charge on any atom is 0.244 e. The highest BCUT2D eigenvalue weighted by atomic mass is 32.2. The van der Waals surface area contributed by atoms with E-state index in [9.17, 15) is 8.42 Å². The zero-order chi connectivity index (χ0) is 15.5. The van der Waals surface area contributed by atoms with Gasteiger partial charge in [-0.25, -0.2) is 13.4 Å². The van der Waals surface area contributed by atoms with E-state index >= 15 is 0 Å². The van der Waals surface area contributed by atoms with Gasteiger partial charge in [-0.1, -0.05) is 20.8 Å². The maximum absolute atomic E-state index is 12.7. The number of nitrogens with one attached hydrogen (secondary N) is 1. The monoisotopic (exact) mass is 329 g/mol. The van der Waals surface area contributed by atoms with Crippen molar-refractivity contribution in [2.24, 2.45) is 0 Å². The number of rotatable bonds is 5. The predicted octanol–water partition coefficient (Wildman–Crippen LogP) is 2.42. The van der Waals surface area contributed by atoms with Crippen molar-refractivity contribution in [3.63, 3.8) is 0 Å². The average Bonchev–Trinajstić information content (AvgIpc) is 2.44. The van der Waals surface area contributed by atoms with E-state index in [1.54, 1.807) is 16.4 Å². The van der Waals surface area contributed by atoms with Gasteiger partial charge >= 0.3 is 0 Å². The smallest absolute Gasteiger partial charge is 0.244 e. The molecule has 1 aromatic heterocycles. The first kappa shape index (κ1) is 16.6. The molecule has 0 aliphatic carbocycles. The van der Waals surface area contributed by atoms with Crippen LogP contribution in [0.5, 0.6) is 0 Å². The summed E-state index contributed by atoms with van der Waals surface area (Å²) in [4.78, 5) is 4.47. The first-order chi connectivity index (χ1) is 9.93. The maximum atomic E-state index is 12.7. The molecule has 0 aromatic carbocycles. The number of thioether (sulfide) groups is 1. The van der Waals surface area contributed by atoms with Gasteiger partial charge in [0.25, 0.3) is 0 Å². The molecule has 1 aromatic rings. The second-order valence-corrected chi connectivity index (χ2v) is 9.20. The quantitative estimate of drug-likeness (QED) is 0.899. The molecule has 1 N–H and O–H groups in total. The summed E-state index contributed by atoms with van der Waals surface area (Å²) in [6.45, 7) is 8.16. The molecule has 2 rings (SSSR count). The summed E-state index contributed by atoms with van der Waals surface area (Å²) in [5.41, 5.74) is 0. The van der Waals surface area contributed by atoms with Crippen molar-refractivity contribution in [3.8, 4) is 0 Å². The molecule has 7 heteroatoms. The minimum Gasteiger partial charge on any atom is -0.370 e. The van der Waals surface area contributed by atoms with Gasteiger partial charge in [0.05, 0.1) is 0 Å². The summed E-state index contributed by atoms with van der Waals surface area (Å²) in [6, 6.07) is 3.37. The number of hydrogen-bond acceptors (Lipinski definition) is 5. The fourth-order valence-electron chi connectivity index (χ4n) is 2.37. The Balaban J connectivity index is 2.15. The molecular weight excluding hydrogens is 306 g/mol. The highest BCUT2D eigenvalue weighted by Gasteiger charge is 2.32. The Hall–Kier alpha value is -0.790. The van der Waals surface area contributed by atoms with Gasteiger partial charge in [-0.2, -0.15) is 16.1 Å². The Bertz CT molecular complexity index is 550. The lowest BCUT2D eigenvalue weighted by Crippen LogP contribution is -2.43. The van der Waals surface area contributed by atoms with Crippen LogP contribution in [0.15, 0.2) is 23.2 Å². The molecular formula is C14H23N3O2S2. The van der Waals surface area contributed by atoms with E-state index in [2.05, 4.69) is 31.1 Å². The summed E-state index contributed by atoms with van der Waals surface area (Å²) >= 11 is 1.84. The van der Waals surface area contributed by atoms with Crippen LogP contribution >= 0.6 is 11.8 Å². The van der Waals surface area contributed by atoms with Gasteiger partial charge in [0.1, 0.15) is 10.7 Å². The van der Waals surface area contributed by atoms with Crippen LogP contribution in [0.25, 0.3) is 0 Å². The highest BCUT2D eigenvalue weighted by molar-refractivity contribution is 8.00. The lowest BCUT2D eigenvalue weighted by molar-refractivity contribution is 0.404. The first-order valence-corrected chi connectivity index (χ1v) is 9.67. The number of aromatic nitrogens is 1. The molecule has 2 heterocycles. The van der Waals surface area contributed by atoms with Gasteiger partial charge in [-0.05, 0) is 18.6 Å². The Morgan fingerprint density at radius 1 is 1.33 bits per heavy atom. The van der Waals surface area contributed by atoms with Crippen molar-refractivity contribution in [2.45, 2.75) is 42.6 Å². The zero-order valence-electron chi connectivity index (χ0n) is 12.7. The summed E-state index contributed by atoms with van der Waals surface area (Å²) in [5.74, 6) is 0.715. The van der Waals surface area contributed by atoms with Crippen molar-refractivity contribution in [1.29, 1.82) is 0 Å². The van der Waals surface area contributed by atoms with E-state index in [1.165, 1.54) is 6.20 Å². The highest BCUT2D eigenvalue weighted by Crippen LogP contribution is 2.28. The zero-order valence-corrected chi connectivity index (χ0v) is 14.4. The molecule has 2 atom stereocenters. The van der Waals surface area contributed by atoms with E-state index in [1.807, 2.05) is 11.8 Å². The molecule has 1 aliphatic rings. The average molecular weight is 329 g/mol. The molecule has 21 heavy (non-hydrogen) atoms. The first-order valence-electron chi connectivity index (χ1n) is 7.29. The number of nitrogens with zero attached hydrogens (tertiary/aromatic N) is 2. The van der Waals surface area contributed by atoms with E-state index in [-0.39, 0.29) is 4.90 Å². The van der Waals surface area contributed by atoms with Crippen molar-refractivity contribution < 1.29 is 8.42 Å². The standard InChI is InChI=1S/C14H23N3O2S2/c1-4-7-15-14-6-5-13(8-16-14)21(18,19)17-9-11(2)20-12(3)10-17/h5-6,8,11-12H,4,7,9-10H2,1-3H3,(H,15,16). The predicted molar refractivity (Wildman–Crippen MR) is 88.3 cm³/mol. The molecule has 1 aliphatic heterocycles. The molecule has 1 saturated heterocycles. The second kappa shape index (κ2) is 6.98. The summed E-state index contributed by atoms with van der Waals surface area (Å²) in [7, 11) is -3.44. The topological polar surface area (TPSA) is 62.3 Å². The van der Waals surface area contributed by atoms with E-state index in [0.29, 0.717) is 29.4 Å². The summed E-state index contributed by atoms with van der Waals surface area (Å²) in [6.07, 6.45) is 2.45. The molecule has 1 fully saturated rings. The van der Waals surface area contributed by atoms with Crippen LogP contribution in [0.2, 0.25) is 0 Å². The summed E-state index contributed by atoms with van der Waals surface area (Å²) < 4.78 is 26.9. The lowest BCUT2D eigenvalue weighted by Gasteiger charge is -2.33. The van der Waals surface area contributed by atoms with E-state index in [0.717, 1.165) is 13.0 Å². The minimum absolute atomic E-state index is 0.274. The van der Waals surface area contributed by atoms with Crippen molar-refractivity contribution in [1.82, 2.24) is 9.29 Å². The van der Waals surface area contributed by atoms with Crippen LogP contribution in [0.4, 0.5) is 5.82 Å². The van der Waals surface area contributed by atoms with Gasteiger partial charge in [0, 0.05) is 36.3 Å². The molecule has 0 saturated carbocycles. The van der Waals surface area contributed by atoms with Gasteiger partial charge < -0.3 is 5.32 Å². The Labute approximate surface area is 131 Å². The Morgan fingerprint density at radius 2 is 2.00 bits per heavy atom. The van der Waals surface area contributed by atoms with Gasteiger partial charge in [0.15, 0.2) is 0 Å². The van der Waals surface area contributed by atoms with Gasteiger partial charge in [-0.3, -0.25) is 0 Å². The molecule has 118 valence electrons. The normalized spacial score (nSPS) is 24.0. The third kappa shape index (κ3) is 4.11. The Morgan fingerprint density at radius 3 is 2.52 bits per heavy atom. The third-order valence-electron chi connectivity index (χ3n) is 3.32. The van der Waals surface area contributed by atoms with Crippen molar-refractivity contribution in [3.05, 3.63) is 18.3 Å². The molecule has 0 radical (unpaired) electrons. The van der Waals surface area contributed by atoms with Crippen LogP contribution in [-0.4, -0.2) is 47.8 Å². The number of pyridine rings is 1. The molecule has 2 unspecified atom stereocenters. The minimum atomic E-state index is -3.44. The molecule has 5 nitrogen and oxygen atoms in total. The van der Waals surface area contributed by atoms with Crippen LogP contribution in [0.3, 0.4) is 0 Å². The van der Waals surface area contributed by atoms with Gasteiger partial charge in [-0.15, -0.1) is 0 Å². The molecule has 0 bridgehead atoms. The SMILES string of the molecule is CCCNc1ccc(S(=O)(=O)N2CC(C)SC(C)C2)cn1. The van der Waals surface area contributed by atoms with Crippen LogP contribution < -0.4 is 5.32 Å². The largest absolute Gasteiger partial charge is 0.370 e. The fraction of sp³-hybridized carbons (Fsp3) is 0.643. The van der Waals surface area contributed by atoms with E-state index in [4.69, 9.17) is 0 Å². The van der Waals surface area contributed by atoms with Crippen molar-refractivity contribution in [2.75, 3.05) is 25.0 Å². The molecule has 0 amide bonds. The lowest BCUT2D eigenvalue weighted by atomic mass is 10.4. The number of anilines is 1. The Kier molecular flexibility index (Phi) is 5.51. The summed E-state index contributed by atoms with van der Waals surface area (Å²) in [5, 5.41) is 3.79.